The van der Waals surface area contributed by atoms with E-state index in [0.717, 1.165) is 34.9 Å². The van der Waals surface area contributed by atoms with Crippen molar-refractivity contribution in [1.82, 2.24) is 10.1 Å². The number of hydrogen-bond donors (Lipinski definition) is 1. The van der Waals surface area contributed by atoms with Gasteiger partial charge in [-0.25, -0.2) is 0 Å². The highest BCUT2D eigenvalue weighted by Crippen LogP contribution is 2.20. The number of hydrogen-bond acceptors (Lipinski definition) is 5. The molecule has 96 valence electrons. The van der Waals surface area contributed by atoms with E-state index in [4.69, 9.17) is 10.3 Å². The first-order valence-electron chi connectivity index (χ1n) is 6.03. The molecule has 18 heavy (non-hydrogen) atoms. The van der Waals surface area contributed by atoms with E-state index >= 15 is 0 Å². The fourth-order valence-electron chi connectivity index (χ4n) is 1.57. The average Bonchev–Trinajstić information content (AvgIpc) is 2.88. The Morgan fingerprint density at radius 3 is 3.06 bits per heavy atom. The molecular weight excluding hydrogens is 246 g/mol. The number of thioether (sulfide) groups is 1. The molecule has 1 aromatic heterocycles. The van der Waals surface area contributed by atoms with Gasteiger partial charge in [0.05, 0.1) is 5.75 Å². The van der Waals surface area contributed by atoms with Crippen molar-refractivity contribution < 1.29 is 4.52 Å². The van der Waals surface area contributed by atoms with Crippen LogP contribution in [-0.2, 0) is 12.3 Å². The third-order valence-electron chi connectivity index (χ3n) is 2.46. The Morgan fingerprint density at radius 2 is 2.28 bits per heavy atom. The Labute approximate surface area is 111 Å². The van der Waals surface area contributed by atoms with Gasteiger partial charge in [-0.1, -0.05) is 24.2 Å². The van der Waals surface area contributed by atoms with Crippen molar-refractivity contribution in [3.8, 4) is 11.5 Å². The minimum Gasteiger partial charge on any atom is -0.334 e. The van der Waals surface area contributed by atoms with E-state index < -0.39 is 0 Å². The molecule has 4 nitrogen and oxygen atoms in total. The van der Waals surface area contributed by atoms with Gasteiger partial charge in [0.1, 0.15) is 0 Å². The van der Waals surface area contributed by atoms with E-state index in [1.165, 1.54) is 0 Å². The van der Waals surface area contributed by atoms with Crippen molar-refractivity contribution in [3.63, 3.8) is 0 Å². The summed E-state index contributed by atoms with van der Waals surface area (Å²) in [6, 6.07) is 7.87. The van der Waals surface area contributed by atoms with Crippen LogP contribution in [0.2, 0.25) is 0 Å². The largest absolute Gasteiger partial charge is 0.334 e. The number of rotatable bonds is 6. The lowest BCUT2D eigenvalue weighted by atomic mass is 10.1. The van der Waals surface area contributed by atoms with Gasteiger partial charge >= 0.3 is 0 Å². The van der Waals surface area contributed by atoms with Gasteiger partial charge < -0.3 is 10.3 Å². The van der Waals surface area contributed by atoms with Crippen molar-refractivity contribution >= 4 is 11.8 Å². The molecule has 0 radical (unpaired) electrons. The third kappa shape index (κ3) is 3.34. The lowest BCUT2D eigenvalue weighted by molar-refractivity contribution is 0.425. The standard InChI is InChI=1S/C13H17N3OS/c1-2-6-18-9-12-15-13(17-16-12)11-5-3-4-10(7-11)8-14/h3-5,7H,2,6,8-9,14H2,1H3. The highest BCUT2D eigenvalue weighted by Gasteiger charge is 2.08. The van der Waals surface area contributed by atoms with Gasteiger partial charge in [-0.05, 0) is 29.9 Å². The molecule has 0 spiro atoms. The van der Waals surface area contributed by atoms with Crippen LogP contribution in [0.15, 0.2) is 28.8 Å². The second-order valence-electron chi connectivity index (χ2n) is 3.97. The first kappa shape index (κ1) is 13.1. The molecule has 2 N–H and O–H groups in total. The Balaban J connectivity index is 2.08. The number of nitrogens with zero attached hydrogens (tertiary/aromatic N) is 2. The normalized spacial score (nSPS) is 10.8. The van der Waals surface area contributed by atoms with E-state index in [1.807, 2.05) is 36.0 Å². The van der Waals surface area contributed by atoms with Gasteiger partial charge in [-0.3, -0.25) is 0 Å². The third-order valence-corrected chi connectivity index (χ3v) is 3.62. The number of nitrogens with two attached hydrogens (primary N) is 1. The molecule has 2 rings (SSSR count). The first-order valence-corrected chi connectivity index (χ1v) is 7.18. The summed E-state index contributed by atoms with van der Waals surface area (Å²) in [7, 11) is 0. The van der Waals surface area contributed by atoms with E-state index in [0.29, 0.717) is 12.4 Å². The molecule has 0 fully saturated rings. The Hall–Kier alpha value is -1.33. The average molecular weight is 263 g/mol. The summed E-state index contributed by atoms with van der Waals surface area (Å²) in [6.07, 6.45) is 1.16. The highest BCUT2D eigenvalue weighted by molar-refractivity contribution is 7.98. The van der Waals surface area contributed by atoms with Crippen LogP contribution in [0.3, 0.4) is 0 Å². The topological polar surface area (TPSA) is 64.9 Å². The van der Waals surface area contributed by atoms with Crippen molar-refractivity contribution in [3.05, 3.63) is 35.7 Å². The van der Waals surface area contributed by atoms with Gasteiger partial charge in [-0.15, -0.1) is 0 Å². The number of benzene rings is 1. The fraction of sp³-hybridized carbons (Fsp3) is 0.385. The summed E-state index contributed by atoms with van der Waals surface area (Å²) in [6.45, 7) is 2.67. The molecule has 5 heteroatoms. The second kappa shape index (κ2) is 6.56. The lowest BCUT2D eigenvalue weighted by Gasteiger charge is -1.98. The van der Waals surface area contributed by atoms with Gasteiger partial charge in [0.15, 0.2) is 5.82 Å². The van der Waals surface area contributed by atoms with E-state index in [-0.39, 0.29) is 0 Å². The first-order chi connectivity index (χ1) is 8.83. The van der Waals surface area contributed by atoms with Crippen molar-refractivity contribution in [2.24, 2.45) is 5.73 Å². The second-order valence-corrected chi connectivity index (χ2v) is 5.08. The lowest BCUT2D eigenvalue weighted by Crippen LogP contribution is -1.95. The molecule has 2 aromatic rings. The molecule has 0 atom stereocenters. The molecule has 1 aromatic carbocycles. The van der Waals surface area contributed by atoms with Crippen LogP contribution in [0.1, 0.15) is 24.7 Å². The maximum atomic E-state index is 5.61. The van der Waals surface area contributed by atoms with Crippen LogP contribution in [0.5, 0.6) is 0 Å². The zero-order valence-electron chi connectivity index (χ0n) is 10.4. The SMILES string of the molecule is CCCSCc1noc(-c2cccc(CN)c2)n1. The molecule has 0 bridgehead atoms. The van der Waals surface area contributed by atoms with Gasteiger partial charge in [0.25, 0.3) is 5.89 Å². The quantitative estimate of drug-likeness (QED) is 0.812. The molecule has 0 aliphatic heterocycles. The van der Waals surface area contributed by atoms with Gasteiger partial charge in [-0.2, -0.15) is 16.7 Å². The predicted molar refractivity (Wildman–Crippen MR) is 74.1 cm³/mol. The summed E-state index contributed by atoms with van der Waals surface area (Å²) in [4.78, 5) is 4.39. The molecular formula is C13H17N3OS. The summed E-state index contributed by atoms with van der Waals surface area (Å²) in [5, 5.41) is 3.98. The van der Waals surface area contributed by atoms with Gasteiger partial charge in [0.2, 0.25) is 0 Å². The van der Waals surface area contributed by atoms with E-state index in [1.54, 1.807) is 0 Å². The highest BCUT2D eigenvalue weighted by atomic mass is 32.2. The van der Waals surface area contributed by atoms with Crippen molar-refractivity contribution in [1.29, 1.82) is 0 Å². The summed E-state index contributed by atoms with van der Waals surface area (Å²) >= 11 is 1.82. The van der Waals surface area contributed by atoms with Crippen LogP contribution in [0.25, 0.3) is 11.5 Å². The minimum absolute atomic E-state index is 0.515. The maximum Gasteiger partial charge on any atom is 0.257 e. The summed E-state index contributed by atoms with van der Waals surface area (Å²) < 4.78 is 5.27. The zero-order chi connectivity index (χ0) is 12.8. The van der Waals surface area contributed by atoms with Crippen LogP contribution in [0, 0.1) is 0 Å². The predicted octanol–water partition coefficient (Wildman–Crippen LogP) is 2.84. The van der Waals surface area contributed by atoms with Crippen LogP contribution in [-0.4, -0.2) is 15.9 Å². The maximum absolute atomic E-state index is 5.61. The molecule has 0 unspecified atom stereocenters. The van der Waals surface area contributed by atoms with Gasteiger partial charge in [0, 0.05) is 12.1 Å². The zero-order valence-corrected chi connectivity index (χ0v) is 11.2. The van der Waals surface area contributed by atoms with Crippen molar-refractivity contribution in [2.45, 2.75) is 25.6 Å². The Bertz CT molecular complexity index is 498. The summed E-state index contributed by atoms with van der Waals surface area (Å²) in [5.41, 5.74) is 7.60. The Morgan fingerprint density at radius 1 is 1.39 bits per heavy atom. The van der Waals surface area contributed by atoms with E-state index in [9.17, 15) is 0 Å². The monoisotopic (exact) mass is 263 g/mol. The Kier molecular flexibility index (Phi) is 4.78. The van der Waals surface area contributed by atoms with Crippen LogP contribution < -0.4 is 5.73 Å². The number of aromatic nitrogens is 2. The molecule has 0 aliphatic carbocycles. The molecule has 0 aliphatic rings. The van der Waals surface area contributed by atoms with E-state index in [2.05, 4.69) is 17.1 Å². The summed E-state index contributed by atoms with van der Waals surface area (Å²) in [5.74, 6) is 3.24. The molecule has 0 saturated heterocycles. The smallest absolute Gasteiger partial charge is 0.257 e. The molecule has 0 saturated carbocycles. The minimum atomic E-state index is 0.515. The van der Waals surface area contributed by atoms with Crippen molar-refractivity contribution in [2.75, 3.05) is 5.75 Å². The van der Waals surface area contributed by atoms with Crippen LogP contribution in [0.4, 0.5) is 0 Å². The van der Waals surface area contributed by atoms with Crippen LogP contribution >= 0.6 is 11.8 Å². The molecule has 0 amide bonds. The molecule has 1 heterocycles. The fourth-order valence-corrected chi connectivity index (χ4v) is 2.30.